The van der Waals surface area contributed by atoms with Crippen molar-refractivity contribution in [3.05, 3.63) is 81.9 Å². The van der Waals surface area contributed by atoms with E-state index in [9.17, 15) is 32.8 Å². The lowest BCUT2D eigenvalue weighted by molar-refractivity contribution is -0.125. The summed E-state index contributed by atoms with van der Waals surface area (Å²) in [5.41, 5.74) is 1.08. The van der Waals surface area contributed by atoms with Crippen LogP contribution in [0.15, 0.2) is 53.6 Å². The van der Waals surface area contributed by atoms with Crippen molar-refractivity contribution < 1.29 is 36.2 Å². The predicted octanol–water partition coefficient (Wildman–Crippen LogP) is 5.67. The Balaban J connectivity index is 0.761. The Labute approximate surface area is 372 Å². The molecular weight excluding hydrogens is 866 g/mol. The number of amides is 1. The van der Waals surface area contributed by atoms with E-state index in [1.165, 1.54) is 18.2 Å². The van der Waals surface area contributed by atoms with Crippen LogP contribution in [-0.2, 0) is 22.1 Å². The molecule has 3 N–H and O–H groups in total. The van der Waals surface area contributed by atoms with E-state index in [0.29, 0.717) is 28.3 Å². The van der Waals surface area contributed by atoms with Crippen LogP contribution in [-0.4, -0.2) is 99.3 Å². The summed E-state index contributed by atoms with van der Waals surface area (Å²) in [6.07, 6.45) is 6.66. The lowest BCUT2D eigenvalue weighted by atomic mass is 9.60. The third kappa shape index (κ3) is 7.95. The van der Waals surface area contributed by atoms with Crippen molar-refractivity contribution in [3.63, 3.8) is 0 Å². The topological polar surface area (TPSA) is 191 Å². The minimum atomic E-state index is -4.23. The molecule has 5 aliphatic rings. The molecule has 1 unspecified atom stereocenters. The first-order chi connectivity index (χ1) is 31.2. The molecule has 1 spiro atoms. The Morgan fingerprint density at radius 3 is 2.43 bits per heavy atom. The van der Waals surface area contributed by atoms with Crippen molar-refractivity contribution in [2.45, 2.75) is 94.7 Å². The fourth-order valence-electron chi connectivity index (χ4n) is 10.8. The third-order valence-corrected chi connectivity index (χ3v) is 16.0. The monoisotopic (exact) mass is 914 g/mol. The lowest BCUT2D eigenvalue weighted by Gasteiger charge is -2.54. The predicted molar refractivity (Wildman–Crippen MR) is 234 cm³/mol. The van der Waals surface area contributed by atoms with Gasteiger partial charge in [-0.25, -0.2) is 18.2 Å². The van der Waals surface area contributed by atoms with Crippen molar-refractivity contribution in [1.82, 2.24) is 33.9 Å². The molecule has 5 heterocycles. The highest BCUT2D eigenvalue weighted by atomic mass is 32.2. The number of aliphatic hydroxyl groups excluding tert-OH is 1. The molecule has 342 valence electrons. The minimum absolute atomic E-state index is 0.0341. The van der Waals surface area contributed by atoms with Crippen molar-refractivity contribution in [2.24, 2.45) is 12.5 Å². The quantitative estimate of drug-likeness (QED) is 0.165. The number of benzene rings is 3. The van der Waals surface area contributed by atoms with E-state index in [-0.39, 0.29) is 84.0 Å². The highest BCUT2D eigenvalue weighted by Crippen LogP contribution is 2.55. The van der Waals surface area contributed by atoms with Gasteiger partial charge in [-0.1, -0.05) is 0 Å². The van der Waals surface area contributed by atoms with E-state index in [1.807, 2.05) is 12.1 Å². The van der Waals surface area contributed by atoms with Gasteiger partial charge in [0, 0.05) is 50.6 Å². The second-order valence-corrected chi connectivity index (χ2v) is 20.0. The number of anilines is 2. The molecule has 2 atom stereocenters. The zero-order valence-corrected chi connectivity index (χ0v) is 36.5. The summed E-state index contributed by atoms with van der Waals surface area (Å²) in [4.78, 5) is 34.4. The number of likely N-dealkylation sites (tertiary alicyclic amines) is 1. The van der Waals surface area contributed by atoms with Crippen molar-refractivity contribution in [2.75, 3.05) is 42.3 Å². The van der Waals surface area contributed by atoms with Crippen LogP contribution < -0.4 is 25.2 Å². The Bertz CT molecular complexity index is 2920. The molecule has 3 saturated heterocycles. The van der Waals surface area contributed by atoms with Gasteiger partial charge >= 0.3 is 10.2 Å². The zero-order chi connectivity index (χ0) is 45.4. The number of aliphatic hydroxyl groups is 1. The number of hydrogen-bond acceptors (Lipinski definition) is 11. The van der Waals surface area contributed by atoms with E-state index in [2.05, 4.69) is 25.0 Å². The normalized spacial score (nSPS) is 24.3. The summed E-state index contributed by atoms with van der Waals surface area (Å²) in [6.45, 7) is 1.83. The molecule has 20 heteroatoms. The highest BCUT2D eigenvalue weighted by molar-refractivity contribution is 7.90. The molecule has 0 bridgehead atoms. The van der Waals surface area contributed by atoms with E-state index < -0.39 is 39.9 Å². The number of halogens is 3. The lowest BCUT2D eigenvalue weighted by Crippen LogP contribution is -2.54. The van der Waals surface area contributed by atoms with Crippen LogP contribution in [0.3, 0.4) is 0 Å². The van der Waals surface area contributed by atoms with E-state index in [1.54, 1.807) is 33.6 Å². The number of nitrogens with zero attached hydrogens (tertiary/aromatic N) is 8. The van der Waals surface area contributed by atoms with Crippen LogP contribution in [0.2, 0.25) is 0 Å². The summed E-state index contributed by atoms with van der Waals surface area (Å²) < 4.78 is 83.0. The van der Waals surface area contributed by atoms with Crippen LogP contribution in [0.5, 0.6) is 11.5 Å². The highest BCUT2D eigenvalue weighted by Gasteiger charge is 2.48. The van der Waals surface area contributed by atoms with Gasteiger partial charge in [-0.05, 0) is 130 Å². The fraction of sp³-hybridized carbons (Fsp3) is 0.489. The summed E-state index contributed by atoms with van der Waals surface area (Å²) in [7, 11) is -2.43. The molecule has 16 nitrogen and oxygen atoms in total. The number of piperidine rings is 1. The van der Waals surface area contributed by atoms with E-state index in [4.69, 9.17) is 4.74 Å². The largest absolute Gasteiger partial charge is 0.453 e. The molecule has 3 aromatic carbocycles. The molecular formula is C45H49F3N10O6S. The van der Waals surface area contributed by atoms with Crippen LogP contribution >= 0.6 is 0 Å². The number of rotatable bonds is 9. The number of aromatic nitrogens is 4. The first kappa shape index (κ1) is 43.2. The third-order valence-electron chi connectivity index (χ3n) is 14.5. The Morgan fingerprint density at radius 2 is 1.72 bits per heavy atom. The number of hydrogen-bond donors (Lipinski definition) is 3. The molecule has 3 aliphatic heterocycles. The van der Waals surface area contributed by atoms with Crippen LogP contribution in [0.4, 0.5) is 24.7 Å². The van der Waals surface area contributed by atoms with Gasteiger partial charge in [0.1, 0.15) is 29.4 Å². The van der Waals surface area contributed by atoms with Crippen LogP contribution in [0.1, 0.15) is 87.3 Å². The van der Waals surface area contributed by atoms with Crippen molar-refractivity contribution >= 4 is 49.4 Å². The number of nitriles is 1. The van der Waals surface area contributed by atoms with Gasteiger partial charge in [-0.3, -0.25) is 23.6 Å². The molecule has 5 fully saturated rings. The van der Waals surface area contributed by atoms with E-state index in [0.717, 1.165) is 86.4 Å². The first-order valence-corrected chi connectivity index (χ1v) is 23.6. The fourth-order valence-corrected chi connectivity index (χ4v) is 12.1. The number of ether oxygens (including phenoxy) is 1. The number of aryl methyl sites for hydroxylation is 1. The maximum Gasteiger partial charge on any atom is 0.301 e. The number of carbonyl (C=O) groups is 1. The Hall–Kier alpha value is -5.75. The number of alkyl halides is 1. The van der Waals surface area contributed by atoms with E-state index >= 15 is 8.78 Å². The molecule has 65 heavy (non-hydrogen) atoms. The smallest absolute Gasteiger partial charge is 0.301 e. The molecule has 2 saturated carbocycles. The van der Waals surface area contributed by atoms with Gasteiger partial charge in [0.2, 0.25) is 12.3 Å². The second kappa shape index (κ2) is 16.6. The maximum atomic E-state index is 15.8. The minimum Gasteiger partial charge on any atom is -0.453 e. The summed E-state index contributed by atoms with van der Waals surface area (Å²) in [5, 5.41) is 28.4. The molecule has 0 radical (unpaired) electrons. The summed E-state index contributed by atoms with van der Waals surface area (Å²) in [6, 6.07) is 12.2. The molecule has 2 aromatic heterocycles. The average molecular weight is 915 g/mol. The number of carbonyl (C=O) groups excluding carboxylic acids is 1. The Morgan fingerprint density at radius 1 is 0.954 bits per heavy atom. The SMILES string of the molecule is Cn1nc(N2CCC(=O)NC2O)c2cc(F)c(C3CCC(N4CCC5(CC4)CC(n4cnc6ccc(Oc7c(F)ccc(NS(=O)(=O)N8CC[C@@H](F)C8)c7C#N)cc6c4=O)C5)CC3)cc21. The van der Waals surface area contributed by atoms with Crippen molar-refractivity contribution in [1.29, 1.82) is 5.26 Å². The van der Waals surface area contributed by atoms with Crippen LogP contribution in [0, 0.1) is 28.4 Å². The molecule has 5 aromatic rings. The van der Waals surface area contributed by atoms with Gasteiger partial charge in [0.25, 0.3) is 5.56 Å². The standard InChI is InChI=1S/C45H49F3N10O6S/c1-54-39-20-31(36(48)19-33(39)42(52-54)57-15-11-40(59)51-44(57)61)26-2-4-28(5-3-26)55-16-12-45(13-17-55)21-29(22-45)58-25-50-37-8-6-30(18-32(37)43(58)60)64-41-34(23-49)38(9-7-35(41)47)53-65(62,63)56-14-10-27(46)24-56/h6-9,18-20,25-29,44,53,61H,2-5,10-17,21-22,24H2,1H3,(H,51,59)/t26?,27-,28?,44?/m1/s1. The summed E-state index contributed by atoms with van der Waals surface area (Å²) >= 11 is 0. The van der Waals surface area contributed by atoms with Gasteiger partial charge in [-0.2, -0.15) is 23.1 Å². The van der Waals surface area contributed by atoms with Gasteiger partial charge in [-0.15, -0.1) is 0 Å². The maximum absolute atomic E-state index is 15.8. The van der Waals surface area contributed by atoms with Gasteiger partial charge < -0.3 is 25.0 Å². The summed E-state index contributed by atoms with van der Waals surface area (Å²) in [5.74, 6) is -1.40. The number of nitrogens with one attached hydrogen (secondary N) is 2. The number of fused-ring (bicyclic) bond motifs is 2. The molecule has 10 rings (SSSR count). The second-order valence-electron chi connectivity index (χ2n) is 18.3. The first-order valence-electron chi connectivity index (χ1n) is 22.2. The molecule has 2 aliphatic carbocycles. The zero-order valence-electron chi connectivity index (χ0n) is 35.7. The van der Waals surface area contributed by atoms with Crippen molar-refractivity contribution in [3.8, 4) is 17.6 Å². The van der Waals surface area contributed by atoms with Gasteiger partial charge in [0.15, 0.2) is 17.4 Å². The average Bonchev–Trinajstić information content (AvgIpc) is 3.86. The van der Waals surface area contributed by atoms with Gasteiger partial charge in [0.05, 0.1) is 28.4 Å². The van der Waals surface area contributed by atoms with Crippen LogP contribution in [0.25, 0.3) is 21.8 Å². The Kier molecular flexibility index (Phi) is 11.0. The molecule has 1 amide bonds.